The molecule has 0 spiro atoms. The minimum atomic E-state index is -0.479. The number of benzene rings is 1. The molecule has 1 aromatic carbocycles. The van der Waals surface area contributed by atoms with E-state index in [9.17, 15) is 4.79 Å². The van der Waals surface area contributed by atoms with E-state index in [4.69, 9.17) is 10.2 Å². The van der Waals surface area contributed by atoms with E-state index in [2.05, 4.69) is 6.92 Å². The Hall–Kier alpha value is -1.81. The Bertz CT molecular complexity index is 616. The molecule has 1 atom stereocenters. The van der Waals surface area contributed by atoms with Crippen molar-refractivity contribution in [3.8, 4) is 0 Å². The van der Waals surface area contributed by atoms with Gasteiger partial charge in [-0.2, -0.15) is 0 Å². The summed E-state index contributed by atoms with van der Waals surface area (Å²) in [6.07, 6.45) is 3.10. The minimum Gasteiger partial charge on any atom is -0.461 e. The smallest absolute Gasteiger partial charge is 0.239 e. The van der Waals surface area contributed by atoms with Crippen molar-refractivity contribution in [2.45, 2.75) is 45.7 Å². The highest BCUT2D eigenvalue weighted by molar-refractivity contribution is 5.84. The molecule has 4 heteroatoms. The number of rotatable bonds is 6. The molecule has 21 heavy (non-hydrogen) atoms. The van der Waals surface area contributed by atoms with Gasteiger partial charge in [0.05, 0.1) is 6.04 Å². The minimum absolute atomic E-state index is 0.0540. The molecule has 114 valence electrons. The fourth-order valence-electron chi connectivity index (χ4n) is 2.52. The number of fused-ring (bicyclic) bond motifs is 1. The maximum absolute atomic E-state index is 12.0. The second-order valence-electron chi connectivity index (χ2n) is 5.59. The monoisotopic (exact) mass is 288 g/mol. The Morgan fingerprint density at radius 1 is 1.38 bits per heavy atom. The molecular formula is C17H24N2O2. The molecule has 0 bridgehead atoms. The average Bonchev–Trinajstić information content (AvgIpc) is 2.82. The van der Waals surface area contributed by atoms with Crippen LogP contribution in [0.3, 0.4) is 0 Å². The maximum atomic E-state index is 12.0. The predicted molar refractivity (Wildman–Crippen MR) is 84.9 cm³/mol. The molecule has 0 saturated carbocycles. The summed E-state index contributed by atoms with van der Waals surface area (Å²) in [4.78, 5) is 13.7. The Morgan fingerprint density at radius 3 is 2.76 bits per heavy atom. The number of hydrogen-bond donors (Lipinski definition) is 1. The molecule has 1 heterocycles. The van der Waals surface area contributed by atoms with Crippen LogP contribution in [0.15, 0.2) is 28.7 Å². The SMILES string of the molecule is CCCCc1oc2ccccc2c1CN(C)C(=O)[C@H](C)N. The van der Waals surface area contributed by atoms with Gasteiger partial charge in [0.15, 0.2) is 0 Å². The number of carbonyl (C=O) groups excluding carboxylic acids is 1. The zero-order valence-corrected chi connectivity index (χ0v) is 13.1. The third-order valence-electron chi connectivity index (χ3n) is 3.70. The van der Waals surface area contributed by atoms with E-state index in [1.165, 1.54) is 0 Å². The Labute approximate surface area is 125 Å². The lowest BCUT2D eigenvalue weighted by molar-refractivity contribution is -0.131. The van der Waals surface area contributed by atoms with Crippen molar-refractivity contribution in [3.63, 3.8) is 0 Å². The van der Waals surface area contributed by atoms with Crippen molar-refractivity contribution in [2.75, 3.05) is 7.05 Å². The number of carbonyl (C=O) groups is 1. The second kappa shape index (κ2) is 6.76. The summed E-state index contributed by atoms with van der Waals surface area (Å²) < 4.78 is 5.97. The summed E-state index contributed by atoms with van der Waals surface area (Å²) >= 11 is 0. The van der Waals surface area contributed by atoms with Crippen LogP contribution in [0.2, 0.25) is 0 Å². The zero-order chi connectivity index (χ0) is 15.4. The summed E-state index contributed by atoms with van der Waals surface area (Å²) in [5.74, 6) is 0.934. The third kappa shape index (κ3) is 3.45. The zero-order valence-electron chi connectivity index (χ0n) is 13.1. The van der Waals surface area contributed by atoms with E-state index < -0.39 is 6.04 Å². The topological polar surface area (TPSA) is 59.5 Å². The van der Waals surface area contributed by atoms with Crippen LogP contribution in [0.4, 0.5) is 0 Å². The van der Waals surface area contributed by atoms with Gasteiger partial charge in [-0.15, -0.1) is 0 Å². The van der Waals surface area contributed by atoms with Crippen LogP contribution in [-0.2, 0) is 17.8 Å². The number of amides is 1. The number of aryl methyl sites for hydroxylation is 1. The highest BCUT2D eigenvalue weighted by atomic mass is 16.3. The van der Waals surface area contributed by atoms with Gasteiger partial charge in [0.2, 0.25) is 5.91 Å². The predicted octanol–water partition coefficient (Wildman–Crippen LogP) is 3.08. The highest BCUT2D eigenvalue weighted by Crippen LogP contribution is 2.28. The Balaban J connectivity index is 2.33. The van der Waals surface area contributed by atoms with Gasteiger partial charge in [-0.05, 0) is 19.4 Å². The number of hydrogen-bond acceptors (Lipinski definition) is 3. The molecule has 0 radical (unpaired) electrons. The summed E-state index contributed by atoms with van der Waals surface area (Å²) in [6.45, 7) is 4.41. The average molecular weight is 288 g/mol. The van der Waals surface area contributed by atoms with Gasteiger partial charge in [0.1, 0.15) is 11.3 Å². The van der Waals surface area contributed by atoms with E-state index in [0.29, 0.717) is 6.54 Å². The van der Waals surface area contributed by atoms with E-state index in [1.807, 2.05) is 24.3 Å². The number of likely N-dealkylation sites (N-methyl/N-ethyl adjacent to an activating group) is 1. The van der Waals surface area contributed by atoms with E-state index in [1.54, 1.807) is 18.9 Å². The maximum Gasteiger partial charge on any atom is 0.239 e. The molecule has 2 rings (SSSR count). The van der Waals surface area contributed by atoms with Gasteiger partial charge in [-0.1, -0.05) is 31.5 Å². The van der Waals surface area contributed by atoms with E-state index in [-0.39, 0.29) is 5.91 Å². The number of furan rings is 1. The van der Waals surface area contributed by atoms with Crippen LogP contribution in [-0.4, -0.2) is 23.9 Å². The van der Waals surface area contributed by atoms with Crippen LogP contribution in [0.1, 0.15) is 38.0 Å². The summed E-state index contributed by atoms with van der Waals surface area (Å²) in [7, 11) is 1.79. The van der Waals surface area contributed by atoms with Crippen molar-refractivity contribution in [2.24, 2.45) is 5.73 Å². The first-order valence-corrected chi connectivity index (χ1v) is 7.54. The number of para-hydroxylation sites is 1. The molecule has 0 aliphatic carbocycles. The lowest BCUT2D eigenvalue weighted by Gasteiger charge is -2.19. The van der Waals surface area contributed by atoms with Crippen molar-refractivity contribution in [1.29, 1.82) is 0 Å². The first kappa shape index (κ1) is 15.6. The van der Waals surface area contributed by atoms with Crippen molar-refractivity contribution >= 4 is 16.9 Å². The summed E-state index contributed by atoms with van der Waals surface area (Å²) in [6, 6.07) is 7.51. The molecule has 0 saturated heterocycles. The van der Waals surface area contributed by atoms with Crippen molar-refractivity contribution in [1.82, 2.24) is 4.90 Å². The molecule has 1 aromatic heterocycles. The molecular weight excluding hydrogens is 264 g/mol. The van der Waals surface area contributed by atoms with E-state index in [0.717, 1.165) is 41.6 Å². The number of unbranched alkanes of at least 4 members (excludes halogenated alkanes) is 1. The van der Waals surface area contributed by atoms with Crippen LogP contribution >= 0.6 is 0 Å². The molecule has 0 fully saturated rings. The first-order valence-electron chi connectivity index (χ1n) is 7.54. The van der Waals surface area contributed by atoms with E-state index >= 15 is 0 Å². The normalized spacial score (nSPS) is 12.6. The van der Waals surface area contributed by atoms with Gasteiger partial charge in [0.25, 0.3) is 0 Å². The molecule has 2 aromatic rings. The summed E-state index contributed by atoms with van der Waals surface area (Å²) in [5.41, 5.74) is 7.68. The third-order valence-corrected chi connectivity index (χ3v) is 3.70. The van der Waals surface area contributed by atoms with Crippen LogP contribution in [0, 0.1) is 0 Å². The van der Waals surface area contributed by atoms with Gasteiger partial charge < -0.3 is 15.1 Å². The lowest BCUT2D eigenvalue weighted by atomic mass is 10.1. The molecule has 1 amide bonds. The first-order chi connectivity index (χ1) is 10.0. The molecule has 0 aliphatic heterocycles. The Morgan fingerprint density at radius 2 is 2.10 bits per heavy atom. The standard InChI is InChI=1S/C17H24N2O2/c1-4-5-9-16-14(11-19(3)17(20)12(2)18)13-8-6-7-10-15(13)21-16/h6-8,10,12H,4-5,9,11,18H2,1-3H3/t12-/m0/s1. The summed E-state index contributed by atoms with van der Waals surface area (Å²) in [5, 5.41) is 1.09. The van der Waals surface area contributed by atoms with Gasteiger partial charge in [-0.3, -0.25) is 4.79 Å². The largest absolute Gasteiger partial charge is 0.461 e. The molecule has 0 aliphatic rings. The van der Waals surface area contributed by atoms with Gasteiger partial charge in [0, 0.05) is 31.0 Å². The fraction of sp³-hybridized carbons (Fsp3) is 0.471. The fourth-order valence-corrected chi connectivity index (χ4v) is 2.52. The number of nitrogens with zero attached hydrogens (tertiary/aromatic N) is 1. The van der Waals surface area contributed by atoms with Crippen LogP contribution < -0.4 is 5.73 Å². The molecule has 4 nitrogen and oxygen atoms in total. The van der Waals surface area contributed by atoms with Crippen LogP contribution in [0.5, 0.6) is 0 Å². The number of nitrogens with two attached hydrogens (primary N) is 1. The highest BCUT2D eigenvalue weighted by Gasteiger charge is 2.19. The van der Waals surface area contributed by atoms with Crippen molar-refractivity contribution < 1.29 is 9.21 Å². The van der Waals surface area contributed by atoms with Gasteiger partial charge in [-0.25, -0.2) is 0 Å². The van der Waals surface area contributed by atoms with Crippen molar-refractivity contribution in [3.05, 3.63) is 35.6 Å². The second-order valence-corrected chi connectivity index (χ2v) is 5.59. The van der Waals surface area contributed by atoms with Gasteiger partial charge >= 0.3 is 0 Å². The lowest BCUT2D eigenvalue weighted by Crippen LogP contribution is -2.39. The molecule has 2 N–H and O–H groups in total. The molecule has 0 unspecified atom stereocenters. The quantitative estimate of drug-likeness (QED) is 0.888. The Kier molecular flexibility index (Phi) is 5.02. The van der Waals surface area contributed by atoms with Crippen LogP contribution in [0.25, 0.3) is 11.0 Å².